The Bertz CT molecular complexity index is 287. The van der Waals surface area contributed by atoms with Gasteiger partial charge in [-0.15, -0.1) is 0 Å². The molecule has 0 aromatic rings. The quantitative estimate of drug-likeness (QED) is 0.566. The molecule has 0 aromatic heterocycles. The zero-order valence-electron chi connectivity index (χ0n) is 8.42. The lowest BCUT2D eigenvalue weighted by Crippen LogP contribution is -2.19. The summed E-state index contributed by atoms with van der Waals surface area (Å²) in [6, 6.07) is 0. The molecule has 88 valence electrons. The summed E-state index contributed by atoms with van der Waals surface area (Å²) in [6.07, 6.45) is -0.772. The second-order valence-electron chi connectivity index (χ2n) is 3.31. The molecular weight excluding hydrogens is 223 g/mol. The molecule has 0 spiro atoms. The van der Waals surface area contributed by atoms with Crippen molar-refractivity contribution < 1.29 is 29.3 Å². The number of hydrogen-bond donors (Lipinski definition) is 3. The lowest BCUT2D eigenvalue weighted by atomic mass is 10.1. The number of rotatable bonds is 7. The predicted octanol–water partition coefficient (Wildman–Crippen LogP) is 0.842. The summed E-state index contributed by atoms with van der Waals surface area (Å²) < 4.78 is 11.3. The van der Waals surface area contributed by atoms with Crippen LogP contribution in [-0.2, 0) is 14.2 Å². The molecule has 3 N–H and O–H groups in total. The number of hydrogen-bond acceptors (Lipinski definition) is 3. The average Bonchev–Trinajstić information content (AvgIpc) is 2.11. The van der Waals surface area contributed by atoms with Gasteiger partial charge in [0.05, 0.1) is 5.92 Å². The van der Waals surface area contributed by atoms with Crippen molar-refractivity contribution in [2.24, 2.45) is 5.92 Å². The van der Waals surface area contributed by atoms with Crippen LogP contribution < -0.4 is 0 Å². The Morgan fingerprint density at radius 3 is 2.20 bits per heavy atom. The van der Waals surface area contributed by atoms with E-state index < -0.39 is 25.2 Å². The molecule has 2 unspecified atom stereocenters. The topological polar surface area (TPSA) is 112 Å². The largest absolute Gasteiger partial charge is 0.481 e. The van der Waals surface area contributed by atoms with Gasteiger partial charge in [0.1, 0.15) is 0 Å². The molecule has 0 saturated heterocycles. The van der Waals surface area contributed by atoms with Crippen molar-refractivity contribution in [3.05, 3.63) is 0 Å². The normalized spacial score (nSPS) is 16.7. The fraction of sp³-hybridized carbons (Fsp3) is 0.750. The third-order valence-electron chi connectivity index (χ3n) is 2.06. The maximum absolute atomic E-state index is 11.3. The molecule has 6 nitrogen and oxygen atoms in total. The first kappa shape index (κ1) is 14.1. The van der Waals surface area contributed by atoms with Crippen LogP contribution in [0, 0.1) is 5.92 Å². The Labute approximate surface area is 87.4 Å². The highest BCUT2D eigenvalue weighted by Crippen LogP contribution is 2.42. The SMILES string of the molecule is CCP(=O)(O)CC(CCC(=O)O)C(=O)O. The van der Waals surface area contributed by atoms with Crippen LogP contribution in [0.15, 0.2) is 0 Å². The minimum Gasteiger partial charge on any atom is -0.481 e. The van der Waals surface area contributed by atoms with E-state index in [9.17, 15) is 19.0 Å². The summed E-state index contributed by atoms with van der Waals surface area (Å²) in [5, 5.41) is 17.1. The minimum atomic E-state index is -3.42. The van der Waals surface area contributed by atoms with Crippen molar-refractivity contribution in [2.45, 2.75) is 19.8 Å². The van der Waals surface area contributed by atoms with Gasteiger partial charge in [-0.05, 0) is 6.42 Å². The molecule has 0 aliphatic carbocycles. The molecule has 0 amide bonds. The van der Waals surface area contributed by atoms with E-state index >= 15 is 0 Å². The van der Waals surface area contributed by atoms with Gasteiger partial charge in [-0.25, -0.2) is 0 Å². The lowest BCUT2D eigenvalue weighted by Gasteiger charge is -2.14. The number of carboxylic acids is 2. The molecule has 15 heavy (non-hydrogen) atoms. The second-order valence-corrected chi connectivity index (χ2v) is 6.00. The van der Waals surface area contributed by atoms with Crippen molar-refractivity contribution in [1.82, 2.24) is 0 Å². The Morgan fingerprint density at radius 2 is 1.87 bits per heavy atom. The highest BCUT2D eigenvalue weighted by molar-refractivity contribution is 7.58. The van der Waals surface area contributed by atoms with Gasteiger partial charge in [0.15, 0.2) is 0 Å². The molecule has 0 aromatic carbocycles. The van der Waals surface area contributed by atoms with Gasteiger partial charge in [0.25, 0.3) is 0 Å². The molecule has 0 saturated carbocycles. The predicted molar refractivity (Wildman–Crippen MR) is 53.2 cm³/mol. The average molecular weight is 238 g/mol. The fourth-order valence-electron chi connectivity index (χ4n) is 1.06. The molecule has 0 heterocycles. The first-order valence-corrected chi connectivity index (χ1v) is 6.57. The Hall–Kier alpha value is -0.870. The van der Waals surface area contributed by atoms with Crippen LogP contribution in [-0.4, -0.2) is 39.4 Å². The van der Waals surface area contributed by atoms with Gasteiger partial charge in [-0.1, -0.05) is 6.92 Å². The van der Waals surface area contributed by atoms with Crippen LogP contribution in [0.2, 0.25) is 0 Å². The molecule has 0 aliphatic heterocycles. The second kappa shape index (κ2) is 5.88. The molecule has 0 radical (unpaired) electrons. The Kier molecular flexibility index (Phi) is 5.54. The molecule has 7 heteroatoms. The summed E-state index contributed by atoms with van der Waals surface area (Å²) in [5.41, 5.74) is 0. The standard InChI is InChI=1S/C8H15O6P/c1-2-15(13,14)5-6(8(11)12)3-4-7(9)10/h6H,2-5H2,1H3,(H,9,10)(H,11,12)(H,13,14). The van der Waals surface area contributed by atoms with E-state index in [1.807, 2.05) is 0 Å². The van der Waals surface area contributed by atoms with Gasteiger partial charge in [-0.3, -0.25) is 14.2 Å². The van der Waals surface area contributed by atoms with E-state index in [1.165, 1.54) is 6.92 Å². The van der Waals surface area contributed by atoms with E-state index in [1.54, 1.807) is 0 Å². The third-order valence-corrected chi connectivity index (χ3v) is 4.06. The molecule has 0 bridgehead atoms. The zero-order valence-corrected chi connectivity index (χ0v) is 9.31. The van der Waals surface area contributed by atoms with Crippen LogP contribution in [0.4, 0.5) is 0 Å². The van der Waals surface area contributed by atoms with Crippen LogP contribution in [0.5, 0.6) is 0 Å². The summed E-state index contributed by atoms with van der Waals surface area (Å²) in [6.45, 7) is 1.50. The van der Waals surface area contributed by atoms with Gasteiger partial charge in [0, 0.05) is 18.7 Å². The number of aliphatic carboxylic acids is 2. The maximum atomic E-state index is 11.3. The summed E-state index contributed by atoms with van der Waals surface area (Å²) in [7, 11) is -3.42. The number of carboxylic acid groups (broad SMARTS) is 2. The van der Waals surface area contributed by atoms with E-state index in [0.717, 1.165) is 0 Å². The van der Waals surface area contributed by atoms with Crippen molar-refractivity contribution >= 4 is 19.3 Å². The number of carbonyl (C=O) groups is 2. The molecule has 0 aliphatic rings. The summed E-state index contributed by atoms with van der Waals surface area (Å²) in [4.78, 5) is 30.2. The first-order chi connectivity index (χ1) is 6.78. The smallest absolute Gasteiger partial charge is 0.307 e. The van der Waals surface area contributed by atoms with Gasteiger partial charge in [0.2, 0.25) is 7.37 Å². The fourth-order valence-corrected chi connectivity index (χ4v) is 2.35. The minimum absolute atomic E-state index is 0.00382. The highest BCUT2D eigenvalue weighted by Gasteiger charge is 2.27. The molecule has 2 atom stereocenters. The van der Waals surface area contributed by atoms with Crippen LogP contribution >= 0.6 is 7.37 Å². The Morgan fingerprint density at radius 1 is 1.33 bits per heavy atom. The molecule has 0 fully saturated rings. The summed E-state index contributed by atoms with van der Waals surface area (Å²) in [5.74, 6) is -3.39. The van der Waals surface area contributed by atoms with Gasteiger partial charge in [-0.2, -0.15) is 0 Å². The molecular formula is C8H15O6P. The third kappa shape index (κ3) is 6.25. The molecule has 0 rings (SSSR count). The van der Waals surface area contributed by atoms with Gasteiger partial charge < -0.3 is 15.1 Å². The monoisotopic (exact) mass is 238 g/mol. The van der Waals surface area contributed by atoms with Crippen molar-refractivity contribution in [3.8, 4) is 0 Å². The van der Waals surface area contributed by atoms with E-state index in [0.29, 0.717) is 0 Å². The van der Waals surface area contributed by atoms with Crippen molar-refractivity contribution in [3.63, 3.8) is 0 Å². The van der Waals surface area contributed by atoms with Crippen molar-refractivity contribution in [2.75, 3.05) is 12.3 Å². The zero-order chi connectivity index (χ0) is 12.1. The van der Waals surface area contributed by atoms with E-state index in [4.69, 9.17) is 10.2 Å². The summed E-state index contributed by atoms with van der Waals surface area (Å²) >= 11 is 0. The van der Waals surface area contributed by atoms with Crippen LogP contribution in [0.1, 0.15) is 19.8 Å². The highest BCUT2D eigenvalue weighted by atomic mass is 31.2. The van der Waals surface area contributed by atoms with Crippen molar-refractivity contribution in [1.29, 1.82) is 0 Å². The first-order valence-electron chi connectivity index (χ1n) is 4.54. The lowest BCUT2D eigenvalue weighted by molar-refractivity contribution is -0.142. The van der Waals surface area contributed by atoms with E-state index in [-0.39, 0.29) is 25.2 Å². The van der Waals surface area contributed by atoms with Crippen LogP contribution in [0.25, 0.3) is 0 Å². The van der Waals surface area contributed by atoms with E-state index in [2.05, 4.69) is 0 Å². The Balaban J connectivity index is 4.35. The maximum Gasteiger partial charge on any atom is 0.307 e. The van der Waals surface area contributed by atoms with Gasteiger partial charge >= 0.3 is 11.9 Å². The van der Waals surface area contributed by atoms with Crippen LogP contribution in [0.3, 0.4) is 0 Å².